The number of hydrogen-bond acceptors (Lipinski definition) is 4. The normalized spacial score (nSPS) is 11.2. The van der Waals surface area contributed by atoms with E-state index in [1.165, 1.54) is 11.3 Å². The number of hydrogen-bond donors (Lipinski definition) is 1. The van der Waals surface area contributed by atoms with E-state index in [1.54, 1.807) is 11.7 Å². The zero-order chi connectivity index (χ0) is 16.4. The number of thiophene rings is 1. The van der Waals surface area contributed by atoms with E-state index in [-0.39, 0.29) is 5.56 Å². The van der Waals surface area contributed by atoms with Gasteiger partial charge in [0.05, 0.1) is 5.39 Å². The van der Waals surface area contributed by atoms with Crippen molar-refractivity contribution < 1.29 is 4.74 Å². The zero-order valence-corrected chi connectivity index (χ0v) is 14.9. The van der Waals surface area contributed by atoms with Gasteiger partial charge in [-0.3, -0.25) is 9.36 Å². The molecule has 0 saturated carbocycles. The number of nitrogens with zero attached hydrogens (tertiary/aromatic N) is 1. The average Bonchev–Trinajstić information content (AvgIpc) is 2.94. The minimum absolute atomic E-state index is 0.0870. The van der Waals surface area contributed by atoms with Crippen LogP contribution in [0.5, 0.6) is 0 Å². The first-order chi connectivity index (χ1) is 11.1. The largest absolute Gasteiger partial charge is 0.385 e. The van der Waals surface area contributed by atoms with Crippen molar-refractivity contribution in [1.29, 1.82) is 0 Å². The molecule has 0 amide bonds. The highest BCUT2D eigenvalue weighted by molar-refractivity contribution is 7.71. The second-order valence-corrected chi connectivity index (χ2v) is 6.74. The minimum atomic E-state index is -0.0870. The third kappa shape index (κ3) is 3.12. The molecular formula is C16H15ClN2O2S2. The monoisotopic (exact) mass is 366 g/mol. The standard InChI is InChI=1S/C16H15ClN2O2S2/c1-21-8-4-7-19-15(20)13-11(9-23-14(13)18-16(19)22)10-5-2-3-6-12(10)17/h2-3,5-6,9H,4,7-8H2,1H3,(H,18,22). The summed E-state index contributed by atoms with van der Waals surface area (Å²) in [6.07, 6.45) is 0.727. The molecule has 23 heavy (non-hydrogen) atoms. The smallest absolute Gasteiger partial charge is 0.263 e. The molecule has 4 nitrogen and oxygen atoms in total. The number of halogens is 1. The first-order valence-corrected chi connectivity index (χ1v) is 8.78. The van der Waals surface area contributed by atoms with Crippen LogP contribution in [-0.4, -0.2) is 23.3 Å². The lowest BCUT2D eigenvalue weighted by Crippen LogP contribution is -2.22. The van der Waals surface area contributed by atoms with E-state index in [4.69, 9.17) is 28.6 Å². The molecule has 0 bridgehead atoms. The summed E-state index contributed by atoms with van der Waals surface area (Å²) in [5.41, 5.74) is 1.61. The maximum absolute atomic E-state index is 12.9. The fourth-order valence-electron chi connectivity index (χ4n) is 2.50. The van der Waals surface area contributed by atoms with Crippen LogP contribution in [0.3, 0.4) is 0 Å². The van der Waals surface area contributed by atoms with Gasteiger partial charge in [-0.15, -0.1) is 11.3 Å². The Hall–Kier alpha value is -1.47. The highest BCUT2D eigenvalue weighted by atomic mass is 35.5. The van der Waals surface area contributed by atoms with Gasteiger partial charge in [0.25, 0.3) is 5.56 Å². The van der Waals surface area contributed by atoms with Crippen molar-refractivity contribution in [1.82, 2.24) is 9.55 Å². The van der Waals surface area contributed by atoms with Crippen LogP contribution in [0.25, 0.3) is 21.3 Å². The summed E-state index contributed by atoms with van der Waals surface area (Å²) in [6, 6.07) is 7.52. The van der Waals surface area contributed by atoms with Gasteiger partial charge in [0.2, 0.25) is 0 Å². The van der Waals surface area contributed by atoms with Gasteiger partial charge < -0.3 is 9.72 Å². The topological polar surface area (TPSA) is 47.0 Å². The number of H-pyrrole nitrogens is 1. The maximum atomic E-state index is 12.9. The van der Waals surface area contributed by atoms with Crippen LogP contribution in [-0.2, 0) is 11.3 Å². The molecule has 0 spiro atoms. The van der Waals surface area contributed by atoms with Gasteiger partial charge in [-0.2, -0.15) is 0 Å². The van der Waals surface area contributed by atoms with E-state index >= 15 is 0 Å². The predicted molar refractivity (Wildman–Crippen MR) is 98.2 cm³/mol. The fourth-order valence-corrected chi connectivity index (χ4v) is 4.03. The number of rotatable bonds is 5. The molecule has 0 fully saturated rings. The molecule has 0 atom stereocenters. The molecule has 0 unspecified atom stereocenters. The highest BCUT2D eigenvalue weighted by Crippen LogP contribution is 2.34. The molecule has 0 aliphatic carbocycles. The molecule has 3 aromatic rings. The third-order valence-corrected chi connectivity index (χ3v) is 5.16. The summed E-state index contributed by atoms with van der Waals surface area (Å²) in [5.74, 6) is 0. The van der Waals surface area contributed by atoms with Crippen LogP contribution in [0, 0.1) is 4.77 Å². The SMILES string of the molecule is COCCCn1c(=S)[nH]c2scc(-c3ccccc3Cl)c2c1=O. The van der Waals surface area contributed by atoms with Crippen molar-refractivity contribution in [3.8, 4) is 11.1 Å². The van der Waals surface area contributed by atoms with E-state index in [2.05, 4.69) is 4.98 Å². The Morgan fingerprint density at radius 3 is 2.87 bits per heavy atom. The van der Waals surface area contributed by atoms with Crippen LogP contribution >= 0.6 is 35.2 Å². The Balaban J connectivity index is 2.19. The second kappa shape index (κ2) is 6.97. The molecule has 2 aromatic heterocycles. The van der Waals surface area contributed by atoms with Gasteiger partial charge in [0, 0.05) is 41.8 Å². The number of benzene rings is 1. The van der Waals surface area contributed by atoms with Gasteiger partial charge in [0.1, 0.15) is 4.83 Å². The Bertz CT molecular complexity index is 959. The lowest BCUT2D eigenvalue weighted by Gasteiger charge is -2.07. The highest BCUT2D eigenvalue weighted by Gasteiger charge is 2.15. The van der Waals surface area contributed by atoms with E-state index in [0.717, 1.165) is 22.4 Å². The predicted octanol–water partition coefficient (Wildman–Crippen LogP) is 4.48. The first kappa shape index (κ1) is 16.4. The summed E-state index contributed by atoms with van der Waals surface area (Å²) >= 11 is 13.1. The third-order valence-electron chi connectivity index (χ3n) is 3.61. The van der Waals surface area contributed by atoms with Gasteiger partial charge >= 0.3 is 0 Å². The van der Waals surface area contributed by atoms with Crippen LogP contribution in [0.4, 0.5) is 0 Å². The van der Waals surface area contributed by atoms with Crippen LogP contribution in [0.2, 0.25) is 5.02 Å². The Labute approximate surface area is 147 Å². The molecule has 0 saturated heterocycles. The van der Waals surface area contributed by atoms with Crippen LogP contribution in [0.15, 0.2) is 34.4 Å². The van der Waals surface area contributed by atoms with Gasteiger partial charge in [-0.25, -0.2) is 0 Å². The molecule has 0 aliphatic heterocycles. The lowest BCUT2D eigenvalue weighted by molar-refractivity contribution is 0.189. The van der Waals surface area contributed by atoms with Gasteiger partial charge in [0.15, 0.2) is 4.77 Å². The Morgan fingerprint density at radius 1 is 1.35 bits per heavy atom. The molecule has 120 valence electrons. The maximum Gasteiger partial charge on any atom is 0.263 e. The molecule has 3 rings (SSSR count). The summed E-state index contributed by atoms with van der Waals surface area (Å²) in [5, 5.41) is 3.20. The number of ether oxygens (including phenoxy) is 1. The Kier molecular flexibility index (Phi) is 4.96. The number of methoxy groups -OCH3 is 1. The first-order valence-electron chi connectivity index (χ1n) is 7.11. The summed E-state index contributed by atoms with van der Waals surface area (Å²) < 4.78 is 7.07. The molecule has 2 heterocycles. The van der Waals surface area contributed by atoms with Crippen LogP contribution in [0.1, 0.15) is 6.42 Å². The van der Waals surface area contributed by atoms with E-state index in [0.29, 0.717) is 28.3 Å². The lowest BCUT2D eigenvalue weighted by atomic mass is 10.1. The van der Waals surface area contributed by atoms with Crippen molar-refractivity contribution >= 4 is 45.4 Å². The quantitative estimate of drug-likeness (QED) is 0.535. The summed E-state index contributed by atoms with van der Waals surface area (Å²) in [6.45, 7) is 1.11. The molecule has 0 aliphatic rings. The molecule has 1 aromatic carbocycles. The van der Waals surface area contributed by atoms with Crippen molar-refractivity contribution in [3.05, 3.63) is 49.8 Å². The summed E-state index contributed by atoms with van der Waals surface area (Å²) in [7, 11) is 1.64. The average molecular weight is 367 g/mol. The van der Waals surface area contributed by atoms with Crippen molar-refractivity contribution in [2.24, 2.45) is 0 Å². The number of fused-ring (bicyclic) bond motifs is 1. The van der Waals surface area contributed by atoms with Crippen molar-refractivity contribution in [3.63, 3.8) is 0 Å². The summed E-state index contributed by atoms with van der Waals surface area (Å²) in [4.78, 5) is 16.8. The van der Waals surface area contributed by atoms with E-state index in [9.17, 15) is 4.79 Å². The van der Waals surface area contributed by atoms with Gasteiger partial charge in [-0.05, 0) is 24.7 Å². The molecule has 7 heteroatoms. The van der Waals surface area contributed by atoms with Crippen LogP contribution < -0.4 is 5.56 Å². The molecular weight excluding hydrogens is 352 g/mol. The van der Waals surface area contributed by atoms with Crippen molar-refractivity contribution in [2.45, 2.75) is 13.0 Å². The molecule has 1 N–H and O–H groups in total. The van der Waals surface area contributed by atoms with E-state index in [1.807, 2.05) is 29.6 Å². The minimum Gasteiger partial charge on any atom is -0.385 e. The number of aromatic amines is 1. The van der Waals surface area contributed by atoms with E-state index < -0.39 is 0 Å². The fraction of sp³-hybridized carbons (Fsp3) is 0.250. The zero-order valence-electron chi connectivity index (χ0n) is 12.5. The number of nitrogens with one attached hydrogen (secondary N) is 1. The van der Waals surface area contributed by atoms with Crippen molar-refractivity contribution in [2.75, 3.05) is 13.7 Å². The Morgan fingerprint density at radius 2 is 2.13 bits per heavy atom. The van der Waals surface area contributed by atoms with Gasteiger partial charge in [-0.1, -0.05) is 29.8 Å². The second-order valence-electron chi connectivity index (χ2n) is 5.07. The number of aromatic nitrogens is 2. The molecule has 0 radical (unpaired) electrons.